The summed E-state index contributed by atoms with van der Waals surface area (Å²) >= 11 is 0. The molecule has 62 valence electrons. The van der Waals surface area contributed by atoms with E-state index in [2.05, 4.69) is 0 Å². The maximum atomic E-state index is 9.99. The van der Waals surface area contributed by atoms with Gasteiger partial charge in [0.05, 0.1) is 0 Å². The van der Waals surface area contributed by atoms with Crippen LogP contribution in [0.4, 0.5) is 0 Å². The number of hydrogen-bond acceptors (Lipinski definition) is 3. The Labute approximate surface area is 96.5 Å². The van der Waals surface area contributed by atoms with Gasteiger partial charge in [-0.15, -0.1) is 0 Å². The molecule has 0 aromatic carbocycles. The fraction of sp³-hybridized carbons (Fsp3) is 0.600. The van der Waals surface area contributed by atoms with Crippen molar-refractivity contribution in [2.75, 3.05) is 0 Å². The molecule has 0 aliphatic heterocycles. The number of rotatable bonds is 4. The molecule has 1 atom stereocenters. The Balaban J connectivity index is -0.000000135. The van der Waals surface area contributed by atoms with Gasteiger partial charge in [0.25, 0.3) is 0 Å². The van der Waals surface area contributed by atoms with Crippen molar-refractivity contribution in [3.8, 4) is 0 Å². The average molecular weight is 189 g/mol. The summed E-state index contributed by atoms with van der Waals surface area (Å²) in [6, 6.07) is -1.06. The molecular weight excluding hydrogens is 178 g/mol. The van der Waals surface area contributed by atoms with Gasteiger partial charge in [-0.05, 0) is 6.42 Å². The Bertz CT molecular complexity index is 157. The van der Waals surface area contributed by atoms with Crippen molar-refractivity contribution in [2.45, 2.75) is 18.9 Å². The van der Waals surface area contributed by atoms with Crippen molar-refractivity contribution < 1.29 is 22.7 Å². The SMILES string of the molecule is NC(CCC(=O)O)C(=O)O.[Ca+2].[H-].[H-]. The van der Waals surface area contributed by atoms with Gasteiger partial charge in [0.2, 0.25) is 0 Å². The van der Waals surface area contributed by atoms with Crippen molar-refractivity contribution in [1.82, 2.24) is 0 Å². The van der Waals surface area contributed by atoms with Gasteiger partial charge in [-0.3, -0.25) is 9.59 Å². The van der Waals surface area contributed by atoms with Gasteiger partial charge in [0, 0.05) is 6.42 Å². The van der Waals surface area contributed by atoms with Crippen molar-refractivity contribution in [3.05, 3.63) is 0 Å². The number of aliphatic carboxylic acids is 2. The van der Waals surface area contributed by atoms with E-state index in [1.54, 1.807) is 0 Å². The molecular formula is C5H11CaNO4. The van der Waals surface area contributed by atoms with E-state index < -0.39 is 18.0 Å². The van der Waals surface area contributed by atoms with E-state index in [1.807, 2.05) is 0 Å². The largest absolute Gasteiger partial charge is 2.00 e. The van der Waals surface area contributed by atoms with Crippen LogP contribution in [0.1, 0.15) is 15.7 Å². The Hall–Kier alpha value is 0.160. The van der Waals surface area contributed by atoms with Crippen LogP contribution in [0.15, 0.2) is 0 Å². The summed E-state index contributed by atoms with van der Waals surface area (Å²) in [6.45, 7) is 0. The maximum Gasteiger partial charge on any atom is 2.00 e. The first-order valence-corrected chi connectivity index (χ1v) is 2.74. The fourth-order valence-electron chi connectivity index (χ4n) is 0.402. The Morgan fingerprint density at radius 1 is 1.45 bits per heavy atom. The molecule has 0 bridgehead atoms. The summed E-state index contributed by atoms with van der Waals surface area (Å²) in [4.78, 5) is 19.9. The van der Waals surface area contributed by atoms with E-state index in [1.165, 1.54) is 0 Å². The molecule has 0 saturated carbocycles. The number of carboxylic acids is 2. The zero-order valence-electron chi connectivity index (χ0n) is 7.99. The average Bonchev–Trinajstić information content (AvgIpc) is 1.82. The predicted molar refractivity (Wildman–Crippen MR) is 40.5 cm³/mol. The van der Waals surface area contributed by atoms with Crippen LogP contribution in [-0.4, -0.2) is 65.9 Å². The van der Waals surface area contributed by atoms with Crippen molar-refractivity contribution >= 4 is 49.7 Å². The van der Waals surface area contributed by atoms with E-state index in [0.717, 1.165) is 0 Å². The molecule has 6 heteroatoms. The van der Waals surface area contributed by atoms with Gasteiger partial charge in [-0.2, -0.15) is 0 Å². The molecule has 0 aromatic heterocycles. The Kier molecular flexibility index (Phi) is 8.54. The molecule has 0 aliphatic carbocycles. The first-order chi connectivity index (χ1) is 4.54. The van der Waals surface area contributed by atoms with Crippen LogP contribution in [-0.2, 0) is 9.59 Å². The Morgan fingerprint density at radius 3 is 2.18 bits per heavy atom. The summed E-state index contributed by atoms with van der Waals surface area (Å²) in [7, 11) is 0. The van der Waals surface area contributed by atoms with Gasteiger partial charge in [-0.1, -0.05) is 0 Å². The third-order valence-electron chi connectivity index (χ3n) is 0.986. The molecule has 0 heterocycles. The summed E-state index contributed by atoms with van der Waals surface area (Å²) < 4.78 is 0. The van der Waals surface area contributed by atoms with Crippen molar-refractivity contribution in [2.24, 2.45) is 5.73 Å². The van der Waals surface area contributed by atoms with Crippen LogP contribution in [0.3, 0.4) is 0 Å². The third kappa shape index (κ3) is 8.06. The normalized spacial score (nSPS) is 11.4. The molecule has 11 heavy (non-hydrogen) atoms. The number of carbonyl (C=O) groups is 2. The van der Waals surface area contributed by atoms with Crippen molar-refractivity contribution in [3.63, 3.8) is 0 Å². The fourth-order valence-corrected chi connectivity index (χ4v) is 0.402. The van der Waals surface area contributed by atoms with Crippen LogP contribution in [0.2, 0.25) is 0 Å². The second-order valence-corrected chi connectivity index (χ2v) is 1.88. The van der Waals surface area contributed by atoms with Gasteiger partial charge in [0.1, 0.15) is 6.04 Å². The number of nitrogens with two attached hydrogens (primary N) is 1. The quantitative estimate of drug-likeness (QED) is 0.498. The topological polar surface area (TPSA) is 101 Å². The molecule has 0 spiro atoms. The monoisotopic (exact) mass is 189 g/mol. The summed E-state index contributed by atoms with van der Waals surface area (Å²) in [5, 5.41) is 16.3. The molecule has 0 fully saturated rings. The van der Waals surface area contributed by atoms with E-state index in [9.17, 15) is 9.59 Å². The van der Waals surface area contributed by atoms with Crippen LogP contribution in [0.5, 0.6) is 0 Å². The molecule has 0 rings (SSSR count). The second-order valence-electron chi connectivity index (χ2n) is 1.88. The van der Waals surface area contributed by atoms with Crippen LogP contribution in [0.25, 0.3) is 0 Å². The Morgan fingerprint density at radius 2 is 1.91 bits per heavy atom. The predicted octanol–water partition coefficient (Wildman–Crippen LogP) is -0.893. The first-order valence-electron chi connectivity index (χ1n) is 2.74. The minimum Gasteiger partial charge on any atom is -1.00 e. The van der Waals surface area contributed by atoms with Crippen LogP contribution in [0, 0.1) is 0 Å². The van der Waals surface area contributed by atoms with Crippen LogP contribution >= 0.6 is 0 Å². The summed E-state index contributed by atoms with van der Waals surface area (Å²) in [6.07, 6.45) is -0.224. The molecule has 0 amide bonds. The van der Waals surface area contributed by atoms with Crippen LogP contribution < -0.4 is 5.73 Å². The number of carboxylic acid groups (broad SMARTS) is 2. The van der Waals surface area contributed by atoms with Crippen molar-refractivity contribution in [1.29, 1.82) is 0 Å². The molecule has 0 aromatic rings. The molecule has 1 unspecified atom stereocenters. The smallest absolute Gasteiger partial charge is 1.00 e. The molecule has 4 N–H and O–H groups in total. The van der Waals surface area contributed by atoms with Gasteiger partial charge in [-0.25, -0.2) is 0 Å². The first kappa shape index (κ1) is 13.7. The van der Waals surface area contributed by atoms with E-state index in [0.29, 0.717) is 0 Å². The summed E-state index contributed by atoms with van der Waals surface area (Å²) in [5.41, 5.74) is 5.00. The second kappa shape index (κ2) is 6.84. The molecule has 5 nitrogen and oxygen atoms in total. The minimum atomic E-state index is -1.17. The minimum absolute atomic E-state index is 0. The van der Waals surface area contributed by atoms with E-state index in [-0.39, 0.29) is 53.4 Å². The third-order valence-corrected chi connectivity index (χ3v) is 0.986. The van der Waals surface area contributed by atoms with E-state index in [4.69, 9.17) is 15.9 Å². The van der Waals surface area contributed by atoms with E-state index >= 15 is 0 Å². The zero-order valence-corrected chi connectivity index (χ0v) is 8.20. The summed E-state index contributed by atoms with van der Waals surface area (Å²) in [5.74, 6) is -2.20. The van der Waals surface area contributed by atoms with Gasteiger partial charge >= 0.3 is 49.7 Å². The molecule has 0 saturated heterocycles. The standard InChI is InChI=1S/C5H9NO4.Ca.2H/c6-3(5(9)10)1-2-4(7)8;;;/h3H,1-2,6H2,(H,7,8)(H,9,10);;;/q;+2;2*-1. The number of hydrogen-bond donors (Lipinski definition) is 3. The zero-order chi connectivity index (χ0) is 8.15. The molecule has 0 radical (unpaired) electrons. The van der Waals surface area contributed by atoms with Gasteiger partial charge in [0.15, 0.2) is 0 Å². The molecule has 0 aliphatic rings. The van der Waals surface area contributed by atoms with Gasteiger partial charge < -0.3 is 18.8 Å². The maximum absolute atomic E-state index is 9.99.